The maximum atomic E-state index is 11.5. The average molecular weight is 249 g/mol. The van der Waals surface area contributed by atoms with Gasteiger partial charge in [-0.25, -0.2) is 13.1 Å². The van der Waals surface area contributed by atoms with Crippen LogP contribution in [0, 0.1) is 5.92 Å². The molecule has 0 radical (unpaired) electrons. The Kier molecular flexibility index (Phi) is 5.21. The van der Waals surface area contributed by atoms with Crippen LogP contribution in [-0.4, -0.2) is 33.8 Å². The molecule has 1 aliphatic rings. The number of hydrogen-bond acceptors (Lipinski definition) is 4. The van der Waals surface area contributed by atoms with E-state index in [1.807, 2.05) is 0 Å². The molecule has 6 heteroatoms. The molecule has 1 rings (SSSR count). The Labute approximate surface area is 96.6 Å². The van der Waals surface area contributed by atoms with Crippen molar-refractivity contribution in [2.45, 2.75) is 32.1 Å². The third kappa shape index (κ3) is 5.46. The Balaban J connectivity index is 2.14. The minimum atomic E-state index is -3.19. The van der Waals surface area contributed by atoms with Crippen LogP contribution >= 0.6 is 0 Å². The van der Waals surface area contributed by atoms with Crippen LogP contribution in [-0.2, 0) is 19.6 Å². The highest BCUT2D eigenvalue weighted by atomic mass is 32.2. The molecule has 0 spiro atoms. The SMILES string of the molecule is CS(=O)(=O)NCCOC(=O)C1CCCCC1. The molecular formula is C10H19NO4S. The molecule has 1 aliphatic carbocycles. The highest BCUT2D eigenvalue weighted by molar-refractivity contribution is 7.88. The van der Waals surface area contributed by atoms with Gasteiger partial charge < -0.3 is 4.74 Å². The lowest BCUT2D eigenvalue weighted by Crippen LogP contribution is -2.28. The van der Waals surface area contributed by atoms with Crippen molar-refractivity contribution in [2.24, 2.45) is 5.92 Å². The number of ether oxygens (including phenoxy) is 1. The van der Waals surface area contributed by atoms with Gasteiger partial charge in [-0.05, 0) is 12.8 Å². The number of esters is 1. The Morgan fingerprint density at radius 2 is 1.94 bits per heavy atom. The second-order valence-electron chi connectivity index (χ2n) is 4.17. The smallest absolute Gasteiger partial charge is 0.308 e. The minimum absolute atomic E-state index is 0.0204. The third-order valence-electron chi connectivity index (χ3n) is 2.65. The maximum absolute atomic E-state index is 11.5. The summed E-state index contributed by atoms with van der Waals surface area (Å²) in [4.78, 5) is 11.5. The van der Waals surface area contributed by atoms with Crippen molar-refractivity contribution in [1.29, 1.82) is 0 Å². The number of carbonyl (C=O) groups excluding carboxylic acids is 1. The fraction of sp³-hybridized carbons (Fsp3) is 0.900. The lowest BCUT2D eigenvalue weighted by Gasteiger charge is -2.19. The zero-order valence-corrected chi connectivity index (χ0v) is 10.4. The first kappa shape index (κ1) is 13.4. The molecule has 0 saturated heterocycles. The summed E-state index contributed by atoms with van der Waals surface area (Å²) >= 11 is 0. The number of nitrogens with one attached hydrogen (secondary N) is 1. The highest BCUT2D eigenvalue weighted by Crippen LogP contribution is 2.24. The van der Waals surface area contributed by atoms with Crippen molar-refractivity contribution in [3.63, 3.8) is 0 Å². The van der Waals surface area contributed by atoms with Crippen molar-refractivity contribution in [3.05, 3.63) is 0 Å². The molecule has 0 unspecified atom stereocenters. The predicted octanol–water partition coefficient (Wildman–Crippen LogP) is 0.659. The number of sulfonamides is 1. The monoisotopic (exact) mass is 249 g/mol. The van der Waals surface area contributed by atoms with E-state index in [9.17, 15) is 13.2 Å². The molecule has 16 heavy (non-hydrogen) atoms. The Bertz CT molecular complexity index is 320. The number of carbonyl (C=O) groups is 1. The summed E-state index contributed by atoms with van der Waals surface area (Å²) in [6.45, 7) is 0.264. The molecule has 0 aromatic carbocycles. The zero-order chi connectivity index (χ0) is 12.0. The van der Waals surface area contributed by atoms with Gasteiger partial charge in [-0.1, -0.05) is 19.3 Å². The Morgan fingerprint density at radius 3 is 2.50 bits per heavy atom. The number of rotatable bonds is 5. The van der Waals surface area contributed by atoms with E-state index in [-0.39, 0.29) is 25.0 Å². The molecule has 1 fully saturated rings. The fourth-order valence-electron chi connectivity index (χ4n) is 1.83. The lowest BCUT2D eigenvalue weighted by atomic mass is 9.89. The standard InChI is InChI=1S/C10H19NO4S/c1-16(13,14)11-7-8-15-10(12)9-5-3-2-4-6-9/h9,11H,2-8H2,1H3. The topological polar surface area (TPSA) is 72.5 Å². The summed E-state index contributed by atoms with van der Waals surface area (Å²) < 4.78 is 28.7. The van der Waals surface area contributed by atoms with Gasteiger partial charge in [-0.15, -0.1) is 0 Å². The van der Waals surface area contributed by atoms with Crippen LogP contribution in [0.25, 0.3) is 0 Å². The van der Waals surface area contributed by atoms with E-state index in [2.05, 4.69) is 4.72 Å². The van der Waals surface area contributed by atoms with E-state index in [1.165, 1.54) is 6.42 Å². The second-order valence-corrected chi connectivity index (χ2v) is 6.00. The summed E-state index contributed by atoms with van der Waals surface area (Å²) in [6.07, 6.45) is 6.24. The van der Waals surface area contributed by atoms with E-state index in [0.29, 0.717) is 0 Å². The first-order valence-corrected chi connectivity index (χ1v) is 7.49. The Morgan fingerprint density at radius 1 is 1.31 bits per heavy atom. The van der Waals surface area contributed by atoms with Crippen molar-refractivity contribution in [3.8, 4) is 0 Å². The minimum Gasteiger partial charge on any atom is -0.464 e. The average Bonchev–Trinajstić information content (AvgIpc) is 2.24. The van der Waals surface area contributed by atoms with Gasteiger partial charge in [0, 0.05) is 6.54 Å². The van der Waals surface area contributed by atoms with Crippen LogP contribution in [0.3, 0.4) is 0 Å². The fourth-order valence-corrected chi connectivity index (χ4v) is 2.29. The van der Waals surface area contributed by atoms with Crippen LogP contribution in [0.2, 0.25) is 0 Å². The van der Waals surface area contributed by atoms with Gasteiger partial charge in [0.05, 0.1) is 12.2 Å². The van der Waals surface area contributed by atoms with Gasteiger partial charge >= 0.3 is 5.97 Å². The molecule has 0 aromatic rings. The maximum Gasteiger partial charge on any atom is 0.308 e. The van der Waals surface area contributed by atoms with Crippen molar-refractivity contribution in [2.75, 3.05) is 19.4 Å². The van der Waals surface area contributed by atoms with Crippen LogP contribution in [0.5, 0.6) is 0 Å². The molecule has 0 atom stereocenters. The van der Waals surface area contributed by atoms with Crippen molar-refractivity contribution < 1.29 is 17.9 Å². The molecular weight excluding hydrogens is 230 g/mol. The van der Waals surface area contributed by atoms with E-state index in [1.54, 1.807) is 0 Å². The largest absolute Gasteiger partial charge is 0.464 e. The summed E-state index contributed by atoms with van der Waals surface area (Å²) in [6, 6.07) is 0. The van der Waals surface area contributed by atoms with Gasteiger partial charge in [0.15, 0.2) is 0 Å². The van der Waals surface area contributed by atoms with E-state index in [4.69, 9.17) is 4.74 Å². The summed E-state index contributed by atoms with van der Waals surface area (Å²) in [7, 11) is -3.19. The Hall–Kier alpha value is -0.620. The molecule has 0 bridgehead atoms. The van der Waals surface area contributed by atoms with Gasteiger partial charge in [0.2, 0.25) is 10.0 Å². The molecule has 1 saturated carbocycles. The van der Waals surface area contributed by atoms with Crippen molar-refractivity contribution in [1.82, 2.24) is 4.72 Å². The van der Waals surface area contributed by atoms with Crippen LogP contribution in [0.4, 0.5) is 0 Å². The second kappa shape index (κ2) is 6.20. The number of hydrogen-bond donors (Lipinski definition) is 1. The molecule has 0 aliphatic heterocycles. The van der Waals surface area contributed by atoms with E-state index in [0.717, 1.165) is 31.9 Å². The molecule has 0 aromatic heterocycles. The van der Waals surface area contributed by atoms with Crippen LogP contribution in [0.1, 0.15) is 32.1 Å². The van der Waals surface area contributed by atoms with Gasteiger partial charge in [0.1, 0.15) is 6.61 Å². The van der Waals surface area contributed by atoms with E-state index >= 15 is 0 Å². The van der Waals surface area contributed by atoms with E-state index < -0.39 is 10.0 Å². The first-order valence-electron chi connectivity index (χ1n) is 5.60. The molecule has 5 nitrogen and oxygen atoms in total. The molecule has 94 valence electrons. The van der Waals surface area contributed by atoms with Crippen LogP contribution < -0.4 is 4.72 Å². The van der Waals surface area contributed by atoms with Crippen LogP contribution in [0.15, 0.2) is 0 Å². The lowest BCUT2D eigenvalue weighted by molar-refractivity contribution is -0.149. The van der Waals surface area contributed by atoms with Crippen molar-refractivity contribution >= 4 is 16.0 Å². The van der Waals surface area contributed by atoms with Gasteiger partial charge in [0.25, 0.3) is 0 Å². The molecule has 0 amide bonds. The zero-order valence-electron chi connectivity index (χ0n) is 9.57. The third-order valence-corrected chi connectivity index (χ3v) is 3.38. The summed E-state index contributed by atoms with van der Waals surface area (Å²) in [5, 5.41) is 0. The first-order chi connectivity index (χ1) is 7.49. The summed E-state index contributed by atoms with van der Waals surface area (Å²) in [5.41, 5.74) is 0. The van der Waals surface area contributed by atoms with Gasteiger partial charge in [-0.3, -0.25) is 4.79 Å². The normalized spacial score (nSPS) is 18.3. The predicted molar refractivity (Wildman–Crippen MR) is 60.4 cm³/mol. The highest BCUT2D eigenvalue weighted by Gasteiger charge is 2.22. The molecule has 0 heterocycles. The molecule has 1 N–H and O–H groups in total. The van der Waals surface area contributed by atoms with Gasteiger partial charge in [-0.2, -0.15) is 0 Å². The quantitative estimate of drug-likeness (QED) is 0.574. The summed E-state index contributed by atoms with van der Waals surface area (Å²) in [5.74, 6) is -0.165.